The van der Waals surface area contributed by atoms with E-state index in [1.807, 2.05) is 19.1 Å². The molecule has 1 fully saturated rings. The van der Waals surface area contributed by atoms with Crippen LogP contribution in [-0.2, 0) is 0 Å². The van der Waals surface area contributed by atoms with E-state index in [-0.39, 0.29) is 23.7 Å². The summed E-state index contributed by atoms with van der Waals surface area (Å²) in [6.07, 6.45) is 4.68. The second kappa shape index (κ2) is 7.99. The van der Waals surface area contributed by atoms with Crippen molar-refractivity contribution < 1.29 is 13.7 Å². The molecule has 1 aliphatic rings. The Morgan fingerprint density at radius 2 is 1.97 bits per heavy atom. The van der Waals surface area contributed by atoms with E-state index < -0.39 is 0 Å². The fraction of sp³-hybridized carbons (Fsp3) is 0.261. The summed E-state index contributed by atoms with van der Waals surface area (Å²) >= 11 is 0. The standard InChI is InChI=1S/C23H21FN6O2/c1-14-8-9-17(20(13-14)30-25-10-11-26-30)23(31)29-12-4-7-19(29)21-27-22(32-28-21)16-5-3-6-18(24)15(16)2/h3,5-6,8-11,13,19H,4,7,12H2,1-2H3/t19-/m0/s1. The van der Waals surface area contributed by atoms with Crippen molar-refractivity contribution in [1.82, 2.24) is 30.0 Å². The molecule has 1 aliphatic heterocycles. The molecule has 0 bridgehead atoms. The lowest BCUT2D eigenvalue weighted by Gasteiger charge is -2.23. The predicted molar refractivity (Wildman–Crippen MR) is 114 cm³/mol. The third-order valence-electron chi connectivity index (χ3n) is 5.77. The number of benzene rings is 2. The first-order valence-corrected chi connectivity index (χ1v) is 10.4. The van der Waals surface area contributed by atoms with Crippen LogP contribution in [-0.4, -0.2) is 42.5 Å². The van der Waals surface area contributed by atoms with Crippen LogP contribution in [0.25, 0.3) is 17.1 Å². The highest BCUT2D eigenvalue weighted by Crippen LogP contribution is 2.34. The fourth-order valence-electron chi connectivity index (χ4n) is 4.08. The third-order valence-corrected chi connectivity index (χ3v) is 5.77. The minimum absolute atomic E-state index is 0.145. The van der Waals surface area contributed by atoms with Gasteiger partial charge in [0.25, 0.3) is 11.8 Å². The van der Waals surface area contributed by atoms with E-state index in [9.17, 15) is 9.18 Å². The summed E-state index contributed by atoms with van der Waals surface area (Å²) in [6.45, 7) is 4.20. The molecule has 162 valence electrons. The second-order valence-corrected chi connectivity index (χ2v) is 7.87. The van der Waals surface area contributed by atoms with E-state index in [2.05, 4.69) is 20.3 Å². The number of likely N-dealkylation sites (tertiary alicyclic amines) is 1. The number of aromatic nitrogens is 5. The van der Waals surface area contributed by atoms with E-state index in [1.54, 1.807) is 42.4 Å². The number of rotatable bonds is 4. The number of carbonyl (C=O) groups is 1. The predicted octanol–water partition coefficient (Wildman–Crippen LogP) is 4.05. The molecule has 5 rings (SSSR count). The molecule has 1 saturated heterocycles. The van der Waals surface area contributed by atoms with Crippen molar-refractivity contribution in [3.63, 3.8) is 0 Å². The Labute approximate surface area is 183 Å². The molecule has 0 unspecified atom stereocenters. The van der Waals surface area contributed by atoms with Gasteiger partial charge < -0.3 is 9.42 Å². The molecule has 1 atom stereocenters. The number of amides is 1. The summed E-state index contributed by atoms with van der Waals surface area (Å²) in [5, 5.41) is 12.5. The van der Waals surface area contributed by atoms with Crippen molar-refractivity contribution in [3.8, 4) is 17.1 Å². The summed E-state index contributed by atoms with van der Waals surface area (Å²) in [7, 11) is 0. The quantitative estimate of drug-likeness (QED) is 0.483. The van der Waals surface area contributed by atoms with E-state index in [0.717, 1.165) is 12.0 Å². The van der Waals surface area contributed by atoms with Crippen LogP contribution in [0, 0.1) is 19.7 Å². The van der Waals surface area contributed by atoms with Crippen LogP contribution in [0.3, 0.4) is 0 Å². The first kappa shape index (κ1) is 20.0. The van der Waals surface area contributed by atoms with Crippen LogP contribution in [0.2, 0.25) is 0 Å². The van der Waals surface area contributed by atoms with E-state index in [0.29, 0.717) is 41.2 Å². The molecule has 4 aromatic rings. The molecule has 0 radical (unpaired) electrons. The van der Waals surface area contributed by atoms with Gasteiger partial charge in [-0.2, -0.15) is 20.0 Å². The minimum atomic E-state index is -0.334. The summed E-state index contributed by atoms with van der Waals surface area (Å²) in [5.41, 5.74) is 3.11. The Morgan fingerprint density at radius 1 is 1.16 bits per heavy atom. The zero-order valence-corrected chi connectivity index (χ0v) is 17.7. The minimum Gasteiger partial charge on any atom is -0.334 e. The summed E-state index contributed by atoms with van der Waals surface area (Å²) in [6, 6.07) is 9.98. The maximum Gasteiger partial charge on any atom is 0.258 e. The average Bonchev–Trinajstić information content (AvgIpc) is 3.55. The lowest BCUT2D eigenvalue weighted by atomic mass is 10.1. The highest BCUT2D eigenvalue weighted by molar-refractivity contribution is 5.98. The van der Waals surface area contributed by atoms with Gasteiger partial charge in [-0.15, -0.1) is 0 Å². The van der Waals surface area contributed by atoms with Gasteiger partial charge in [-0.25, -0.2) is 4.39 Å². The largest absolute Gasteiger partial charge is 0.334 e. The van der Waals surface area contributed by atoms with Crippen LogP contribution in [0.4, 0.5) is 4.39 Å². The maximum absolute atomic E-state index is 14.0. The van der Waals surface area contributed by atoms with Gasteiger partial charge in [0.15, 0.2) is 5.82 Å². The molecule has 3 heterocycles. The summed E-state index contributed by atoms with van der Waals surface area (Å²) in [5.74, 6) is 0.181. The number of hydrogen-bond acceptors (Lipinski definition) is 6. The van der Waals surface area contributed by atoms with Crippen molar-refractivity contribution in [1.29, 1.82) is 0 Å². The lowest BCUT2D eigenvalue weighted by molar-refractivity contribution is 0.0728. The number of carbonyl (C=O) groups excluding carboxylic acids is 1. The molecule has 0 saturated carbocycles. The highest BCUT2D eigenvalue weighted by atomic mass is 19.1. The maximum atomic E-state index is 14.0. The van der Waals surface area contributed by atoms with E-state index >= 15 is 0 Å². The van der Waals surface area contributed by atoms with Crippen LogP contribution in [0.1, 0.15) is 46.2 Å². The third kappa shape index (κ3) is 3.45. The number of halogens is 1. The zero-order valence-electron chi connectivity index (χ0n) is 17.7. The van der Waals surface area contributed by atoms with Gasteiger partial charge in [0, 0.05) is 12.1 Å². The van der Waals surface area contributed by atoms with Crippen molar-refractivity contribution in [2.75, 3.05) is 6.54 Å². The molecule has 8 nitrogen and oxygen atoms in total. The summed E-state index contributed by atoms with van der Waals surface area (Å²) in [4.78, 5) is 21.3. The van der Waals surface area contributed by atoms with Crippen LogP contribution in [0.5, 0.6) is 0 Å². The number of aryl methyl sites for hydroxylation is 1. The molecule has 9 heteroatoms. The molecule has 0 N–H and O–H groups in total. The molecule has 0 aliphatic carbocycles. The Morgan fingerprint density at radius 3 is 2.78 bits per heavy atom. The van der Waals surface area contributed by atoms with Gasteiger partial charge in [0.2, 0.25) is 0 Å². The van der Waals surface area contributed by atoms with Gasteiger partial charge in [-0.1, -0.05) is 17.3 Å². The molecule has 1 amide bonds. The van der Waals surface area contributed by atoms with Crippen molar-refractivity contribution in [2.24, 2.45) is 0 Å². The number of nitrogens with zero attached hydrogens (tertiary/aromatic N) is 6. The molecule has 2 aromatic heterocycles. The molecular formula is C23H21FN6O2. The molecule has 2 aromatic carbocycles. The Balaban J connectivity index is 1.47. The van der Waals surface area contributed by atoms with Crippen molar-refractivity contribution in [3.05, 3.63) is 77.1 Å². The smallest absolute Gasteiger partial charge is 0.258 e. The van der Waals surface area contributed by atoms with Crippen molar-refractivity contribution in [2.45, 2.75) is 32.7 Å². The van der Waals surface area contributed by atoms with Gasteiger partial charge in [0.05, 0.1) is 29.7 Å². The molecular weight excluding hydrogens is 411 g/mol. The van der Waals surface area contributed by atoms with Crippen LogP contribution >= 0.6 is 0 Å². The normalized spacial score (nSPS) is 16.0. The Hall–Kier alpha value is -3.88. The highest BCUT2D eigenvalue weighted by Gasteiger charge is 2.35. The van der Waals surface area contributed by atoms with Gasteiger partial charge in [0.1, 0.15) is 5.82 Å². The van der Waals surface area contributed by atoms with Gasteiger partial charge in [-0.05, 0) is 62.1 Å². The first-order chi connectivity index (χ1) is 15.5. The van der Waals surface area contributed by atoms with E-state index in [1.165, 1.54) is 10.9 Å². The Bertz CT molecular complexity index is 1280. The fourth-order valence-corrected chi connectivity index (χ4v) is 4.08. The van der Waals surface area contributed by atoms with Crippen LogP contribution in [0.15, 0.2) is 53.3 Å². The Kier molecular flexibility index (Phi) is 5.01. The van der Waals surface area contributed by atoms with Gasteiger partial charge in [-0.3, -0.25) is 4.79 Å². The zero-order chi connectivity index (χ0) is 22.2. The summed E-state index contributed by atoms with van der Waals surface area (Å²) < 4.78 is 19.4. The average molecular weight is 432 g/mol. The van der Waals surface area contributed by atoms with E-state index in [4.69, 9.17) is 4.52 Å². The van der Waals surface area contributed by atoms with Crippen LogP contribution < -0.4 is 0 Å². The first-order valence-electron chi connectivity index (χ1n) is 10.4. The SMILES string of the molecule is Cc1ccc(C(=O)N2CCC[C@H]2c2noc(-c3cccc(F)c3C)n2)c(-n2nccn2)c1. The molecule has 32 heavy (non-hydrogen) atoms. The monoisotopic (exact) mass is 432 g/mol. The van der Waals surface area contributed by atoms with Crippen molar-refractivity contribution >= 4 is 5.91 Å². The number of hydrogen-bond donors (Lipinski definition) is 0. The molecule has 0 spiro atoms. The lowest BCUT2D eigenvalue weighted by Crippen LogP contribution is -2.32. The topological polar surface area (TPSA) is 89.9 Å². The van der Waals surface area contributed by atoms with Gasteiger partial charge >= 0.3 is 0 Å². The second-order valence-electron chi connectivity index (χ2n) is 7.87.